The molecule has 0 saturated heterocycles. The maximum Gasteiger partial charge on any atom is 0.143 e. The zero-order valence-electron chi connectivity index (χ0n) is 40.2. The minimum absolute atomic E-state index is 0.618. The summed E-state index contributed by atoms with van der Waals surface area (Å²) in [4.78, 5) is 2.54. The van der Waals surface area contributed by atoms with Gasteiger partial charge in [-0.3, -0.25) is 0 Å². The average molecular weight is 941 g/mol. The molecule has 3 heterocycles. The van der Waals surface area contributed by atoms with E-state index in [0.717, 1.165) is 61.3 Å². The molecule has 1 aliphatic heterocycles. The predicted octanol–water partition coefficient (Wildman–Crippen LogP) is 19.0. The lowest BCUT2D eigenvalue weighted by molar-refractivity contribution is 0.670. The summed E-state index contributed by atoms with van der Waals surface area (Å²) in [6.45, 7) is 0. The van der Waals surface area contributed by atoms with Crippen molar-refractivity contribution in [2.24, 2.45) is 0 Å². The molecule has 1 unspecified atom stereocenters. The number of fused-ring (bicyclic) bond motifs is 16. The van der Waals surface area contributed by atoms with Crippen LogP contribution in [0.2, 0.25) is 0 Å². The largest absolute Gasteiger partial charge is 0.455 e. The highest BCUT2D eigenvalue weighted by Gasteiger charge is 2.51. The van der Waals surface area contributed by atoms with Crippen molar-refractivity contribution in [3.63, 3.8) is 0 Å². The topological polar surface area (TPSA) is 21.3 Å². The normalized spacial score (nSPS) is 14.3. The SMILES string of the molecule is c1cc(-c2cccc3c2oc2ccccc23)cc(N(c2ccccc2-c2ccccc2-c2cccc3ccccc23)c2cccc3c2-c2ccccc2C32c3ccccc3-n3c4ccccc4c4cccc2c43)c1. The summed E-state index contributed by atoms with van der Waals surface area (Å²) in [7, 11) is 0. The standard InChI is InChI=1S/C71H44N2O/c1-2-24-48-45(20-1)21-16-32-50(48)51-25-3-4-26-52(51)53-27-6-11-39-63(53)72(47-23-15-22-46(44-47)49-31-17-34-57-55-29-8-14-43-67(55)74-70(49)57)66-42-19-37-61-68(66)58-30-5-9-35-59(58)71(61)60-36-10-13-41-65(60)73-64-40-12-7-28-54(64)56-33-18-38-62(71)69(56)73/h1-44H. The second-order valence-corrected chi connectivity index (χ2v) is 19.8. The third-order valence-electron chi connectivity index (χ3n) is 16.2. The van der Waals surface area contributed by atoms with E-state index in [-0.39, 0.29) is 0 Å². The molecule has 1 aliphatic carbocycles. The Kier molecular flexibility index (Phi) is 8.66. The molecule has 16 rings (SSSR count). The maximum atomic E-state index is 6.71. The van der Waals surface area contributed by atoms with Gasteiger partial charge < -0.3 is 13.9 Å². The van der Waals surface area contributed by atoms with E-state index in [4.69, 9.17) is 4.42 Å². The average Bonchev–Trinajstić information content (AvgIpc) is 4.29. The smallest absolute Gasteiger partial charge is 0.143 e. The van der Waals surface area contributed by atoms with Crippen LogP contribution in [-0.4, -0.2) is 4.57 Å². The Labute approximate surface area is 428 Å². The molecule has 3 nitrogen and oxygen atoms in total. The molecular formula is C71H44N2O. The Morgan fingerprint density at radius 1 is 0.351 bits per heavy atom. The van der Waals surface area contributed by atoms with Crippen molar-refractivity contribution in [1.29, 1.82) is 0 Å². The Morgan fingerprint density at radius 3 is 1.82 bits per heavy atom. The van der Waals surface area contributed by atoms with E-state index in [9.17, 15) is 0 Å². The number of para-hydroxylation sites is 6. The van der Waals surface area contributed by atoms with Gasteiger partial charge in [-0.2, -0.15) is 0 Å². The van der Waals surface area contributed by atoms with Crippen molar-refractivity contribution in [2.75, 3.05) is 4.90 Å². The van der Waals surface area contributed by atoms with Crippen molar-refractivity contribution in [2.45, 2.75) is 5.41 Å². The number of aromatic nitrogens is 1. The fraction of sp³-hybridized carbons (Fsp3) is 0.0141. The van der Waals surface area contributed by atoms with Crippen LogP contribution in [0.1, 0.15) is 22.3 Å². The van der Waals surface area contributed by atoms with Crippen molar-refractivity contribution < 1.29 is 4.42 Å². The second-order valence-electron chi connectivity index (χ2n) is 19.8. The molecule has 12 aromatic carbocycles. The Morgan fingerprint density at radius 2 is 0.919 bits per heavy atom. The van der Waals surface area contributed by atoms with E-state index in [1.165, 1.54) is 82.8 Å². The van der Waals surface area contributed by atoms with Crippen LogP contribution in [0.25, 0.3) is 105 Å². The molecule has 0 bridgehead atoms. The van der Waals surface area contributed by atoms with Gasteiger partial charge in [0.1, 0.15) is 11.2 Å². The lowest BCUT2D eigenvalue weighted by Crippen LogP contribution is -2.33. The molecule has 3 heteroatoms. The fourth-order valence-electron chi connectivity index (χ4n) is 13.3. The van der Waals surface area contributed by atoms with E-state index in [1.807, 2.05) is 6.07 Å². The zero-order chi connectivity index (χ0) is 48.5. The summed E-state index contributed by atoms with van der Waals surface area (Å²) in [5.74, 6) is 0. The number of rotatable bonds is 6. The van der Waals surface area contributed by atoms with Gasteiger partial charge in [-0.05, 0) is 103 Å². The van der Waals surface area contributed by atoms with Crippen LogP contribution in [0.5, 0.6) is 0 Å². The zero-order valence-corrected chi connectivity index (χ0v) is 40.2. The molecule has 1 spiro atoms. The first kappa shape index (κ1) is 41.0. The van der Waals surface area contributed by atoms with Crippen LogP contribution in [0.3, 0.4) is 0 Å². The summed E-state index contributed by atoms with van der Waals surface area (Å²) >= 11 is 0. The molecule has 2 aromatic heterocycles. The van der Waals surface area contributed by atoms with Crippen LogP contribution in [0.4, 0.5) is 17.1 Å². The van der Waals surface area contributed by atoms with E-state index in [2.05, 4.69) is 270 Å². The van der Waals surface area contributed by atoms with Crippen LogP contribution in [-0.2, 0) is 5.41 Å². The first-order chi connectivity index (χ1) is 36.8. The summed E-state index contributed by atoms with van der Waals surface area (Å²) in [6, 6.07) is 98.6. The monoisotopic (exact) mass is 940 g/mol. The van der Waals surface area contributed by atoms with E-state index >= 15 is 0 Å². The molecule has 14 aromatic rings. The molecular weight excluding hydrogens is 897 g/mol. The fourth-order valence-corrected chi connectivity index (χ4v) is 13.3. The molecule has 74 heavy (non-hydrogen) atoms. The lowest BCUT2D eigenvalue weighted by atomic mass is 9.65. The number of anilines is 3. The van der Waals surface area contributed by atoms with Gasteiger partial charge in [0.2, 0.25) is 0 Å². The minimum Gasteiger partial charge on any atom is -0.455 e. The van der Waals surface area contributed by atoms with Gasteiger partial charge in [0.15, 0.2) is 0 Å². The molecule has 344 valence electrons. The first-order valence-corrected chi connectivity index (χ1v) is 25.6. The maximum absolute atomic E-state index is 6.71. The summed E-state index contributed by atoms with van der Waals surface area (Å²) in [5, 5.41) is 7.22. The van der Waals surface area contributed by atoms with Gasteiger partial charge in [-0.25, -0.2) is 0 Å². The quantitative estimate of drug-likeness (QED) is 0.166. The van der Waals surface area contributed by atoms with E-state index in [1.54, 1.807) is 0 Å². The van der Waals surface area contributed by atoms with Crippen molar-refractivity contribution in [3.8, 4) is 50.2 Å². The Balaban J connectivity index is 0.997. The Hall–Kier alpha value is -9.70. The molecule has 0 N–H and O–H groups in total. The summed E-state index contributed by atoms with van der Waals surface area (Å²) in [6.07, 6.45) is 0. The third-order valence-corrected chi connectivity index (χ3v) is 16.2. The van der Waals surface area contributed by atoms with Crippen molar-refractivity contribution >= 4 is 71.6 Å². The molecule has 2 aliphatic rings. The number of furan rings is 1. The second kappa shape index (κ2) is 15.6. The van der Waals surface area contributed by atoms with Gasteiger partial charge in [0.05, 0.1) is 33.5 Å². The highest BCUT2D eigenvalue weighted by Crippen LogP contribution is 2.63. The molecule has 0 saturated carbocycles. The van der Waals surface area contributed by atoms with Crippen LogP contribution < -0.4 is 4.90 Å². The molecule has 0 amide bonds. The Bertz CT molecular complexity index is 4640. The highest BCUT2D eigenvalue weighted by atomic mass is 16.3. The van der Waals surface area contributed by atoms with Crippen molar-refractivity contribution in [1.82, 2.24) is 4.57 Å². The number of hydrogen-bond acceptors (Lipinski definition) is 2. The number of benzene rings is 12. The first-order valence-electron chi connectivity index (χ1n) is 25.6. The summed E-state index contributed by atoms with van der Waals surface area (Å²) in [5.41, 5.74) is 22.5. The highest BCUT2D eigenvalue weighted by molar-refractivity contribution is 6.14. The predicted molar refractivity (Wildman–Crippen MR) is 307 cm³/mol. The van der Waals surface area contributed by atoms with Gasteiger partial charge in [0, 0.05) is 43.9 Å². The molecule has 1 atom stereocenters. The molecule has 0 fully saturated rings. The van der Waals surface area contributed by atoms with Crippen LogP contribution >= 0.6 is 0 Å². The summed E-state index contributed by atoms with van der Waals surface area (Å²) < 4.78 is 9.24. The van der Waals surface area contributed by atoms with Gasteiger partial charge >= 0.3 is 0 Å². The van der Waals surface area contributed by atoms with Crippen molar-refractivity contribution in [3.05, 3.63) is 289 Å². The minimum atomic E-state index is -0.618. The lowest BCUT2D eigenvalue weighted by Gasteiger charge is -2.39. The van der Waals surface area contributed by atoms with Crippen LogP contribution in [0.15, 0.2) is 271 Å². The number of hydrogen-bond donors (Lipinski definition) is 0. The van der Waals surface area contributed by atoms with Gasteiger partial charge in [-0.1, -0.05) is 224 Å². The third kappa shape index (κ3) is 5.55. The van der Waals surface area contributed by atoms with E-state index < -0.39 is 5.41 Å². The van der Waals surface area contributed by atoms with Gasteiger partial charge in [0.25, 0.3) is 0 Å². The van der Waals surface area contributed by atoms with E-state index in [0.29, 0.717) is 0 Å². The van der Waals surface area contributed by atoms with Gasteiger partial charge in [-0.15, -0.1) is 0 Å². The number of nitrogens with zero attached hydrogens (tertiary/aromatic N) is 2. The van der Waals surface area contributed by atoms with Crippen LogP contribution in [0, 0.1) is 0 Å². The molecule has 0 radical (unpaired) electrons.